The monoisotopic (exact) mass is 482 g/mol. The van der Waals surface area contributed by atoms with Crippen LogP contribution in [0.2, 0.25) is 0 Å². The molecule has 0 aromatic heterocycles. The number of halogens is 1. The number of alkyl halides is 1. The van der Waals surface area contributed by atoms with Crippen LogP contribution in [0.25, 0.3) is 0 Å². The number of carbonyl (C=O) groups is 2. The van der Waals surface area contributed by atoms with Crippen LogP contribution in [0.15, 0.2) is 11.6 Å². The second kappa shape index (κ2) is 7.33. The molecule has 4 aliphatic carbocycles. The van der Waals surface area contributed by atoms with E-state index in [2.05, 4.69) is 42.8 Å². The van der Waals surface area contributed by atoms with Crippen LogP contribution >= 0.6 is 15.9 Å². The van der Waals surface area contributed by atoms with Gasteiger partial charge in [-0.3, -0.25) is 9.59 Å². The molecule has 0 saturated heterocycles. The van der Waals surface area contributed by atoms with E-state index in [1.807, 2.05) is 0 Å². The van der Waals surface area contributed by atoms with Crippen LogP contribution in [0, 0.1) is 34.0 Å². The van der Waals surface area contributed by atoms with Crippen molar-refractivity contribution in [2.45, 2.75) is 83.8 Å². The fraction of sp³-hybridized carbons (Fsp3) is 0.833. The topological polar surface area (TPSA) is 72.8 Å². The highest BCUT2D eigenvalue weighted by molar-refractivity contribution is 9.09. The fourth-order valence-corrected chi connectivity index (χ4v) is 7.76. The second-order valence-electron chi connectivity index (χ2n) is 11.0. The first-order valence-electron chi connectivity index (χ1n) is 11.2. The molecule has 0 aromatic rings. The molecule has 4 aliphatic rings. The van der Waals surface area contributed by atoms with Gasteiger partial charge in [-0.1, -0.05) is 48.4 Å². The van der Waals surface area contributed by atoms with Gasteiger partial charge in [0.25, 0.3) is 0 Å². The molecule has 168 valence electrons. The Bertz CT molecular complexity index is 780. The van der Waals surface area contributed by atoms with Crippen LogP contribution in [-0.4, -0.2) is 40.7 Å². The number of aliphatic hydroxyl groups is 1. The number of aliphatic hydroxyl groups excluding tert-OH is 1. The number of hydrogen-bond acceptors (Lipinski definition) is 5. The fourth-order valence-electron chi connectivity index (χ4n) is 7.38. The lowest BCUT2D eigenvalue weighted by Crippen LogP contribution is -2.55. The number of fused-ring (bicyclic) bond motifs is 5. The van der Waals surface area contributed by atoms with Gasteiger partial charge in [0.2, 0.25) is 0 Å². The highest BCUT2D eigenvalue weighted by Crippen LogP contribution is 2.74. The van der Waals surface area contributed by atoms with Gasteiger partial charge in [-0.2, -0.15) is 0 Å². The van der Waals surface area contributed by atoms with Crippen molar-refractivity contribution in [1.82, 2.24) is 0 Å². The largest absolute Gasteiger partial charge is 0.462 e. The van der Waals surface area contributed by atoms with Crippen molar-refractivity contribution in [2.75, 3.05) is 6.61 Å². The summed E-state index contributed by atoms with van der Waals surface area (Å²) in [7, 11) is 0. The van der Waals surface area contributed by atoms with Crippen molar-refractivity contribution in [1.29, 1.82) is 0 Å². The van der Waals surface area contributed by atoms with E-state index < -0.39 is 0 Å². The minimum atomic E-state index is -0.223. The Morgan fingerprint density at radius 2 is 1.77 bits per heavy atom. The zero-order chi connectivity index (χ0) is 22.1. The predicted molar refractivity (Wildman–Crippen MR) is 117 cm³/mol. The van der Waals surface area contributed by atoms with Crippen molar-refractivity contribution in [2.24, 2.45) is 34.0 Å². The van der Waals surface area contributed by atoms with Crippen LogP contribution in [0.1, 0.15) is 66.7 Å². The SMILES string of the molecule is CC(=O)OC1CC2C(C)(CC(OC(C)=O)[C@@H]3C[C@]23C)C2=CCC(C)(C(Br)CO)CC21. The van der Waals surface area contributed by atoms with Gasteiger partial charge in [0.1, 0.15) is 12.2 Å². The zero-order valence-corrected chi connectivity index (χ0v) is 20.3. The maximum absolute atomic E-state index is 12.0. The molecule has 6 heteroatoms. The second-order valence-corrected chi connectivity index (χ2v) is 12.1. The highest BCUT2D eigenvalue weighted by atomic mass is 79.9. The summed E-state index contributed by atoms with van der Waals surface area (Å²) in [6.45, 7) is 9.96. The van der Waals surface area contributed by atoms with Crippen LogP contribution in [-0.2, 0) is 19.1 Å². The van der Waals surface area contributed by atoms with E-state index >= 15 is 0 Å². The highest BCUT2D eigenvalue weighted by Gasteiger charge is 2.71. The Balaban J connectivity index is 1.73. The van der Waals surface area contributed by atoms with Crippen molar-refractivity contribution in [3.63, 3.8) is 0 Å². The lowest BCUT2D eigenvalue weighted by atomic mass is 9.48. The van der Waals surface area contributed by atoms with Crippen LogP contribution in [0.3, 0.4) is 0 Å². The van der Waals surface area contributed by atoms with E-state index in [0.717, 1.165) is 32.1 Å². The number of ether oxygens (including phenoxy) is 2. The van der Waals surface area contributed by atoms with Crippen LogP contribution in [0.5, 0.6) is 0 Å². The summed E-state index contributed by atoms with van der Waals surface area (Å²) in [6, 6.07) is 0. The lowest BCUT2D eigenvalue weighted by molar-refractivity contribution is -0.164. The Labute approximate surface area is 188 Å². The number of esters is 2. The smallest absolute Gasteiger partial charge is 0.302 e. The Kier molecular flexibility index (Phi) is 5.45. The minimum absolute atomic E-state index is 0.00297. The van der Waals surface area contributed by atoms with Gasteiger partial charge in [-0.15, -0.1) is 0 Å². The first-order chi connectivity index (χ1) is 13.9. The third-order valence-corrected chi connectivity index (χ3v) is 10.4. The maximum atomic E-state index is 12.0. The third-order valence-electron chi connectivity index (χ3n) is 8.99. The van der Waals surface area contributed by atoms with E-state index in [9.17, 15) is 14.7 Å². The molecule has 0 bridgehead atoms. The Morgan fingerprint density at radius 3 is 2.37 bits per heavy atom. The Hall–Kier alpha value is -0.880. The molecule has 3 saturated carbocycles. The van der Waals surface area contributed by atoms with Crippen molar-refractivity contribution in [3.05, 3.63) is 11.6 Å². The molecule has 4 rings (SSSR count). The molecule has 0 amide bonds. The predicted octanol–water partition coefficient (Wildman–Crippen LogP) is 4.40. The molecule has 0 aromatic carbocycles. The molecule has 0 spiro atoms. The first-order valence-corrected chi connectivity index (χ1v) is 12.2. The average Bonchev–Trinajstić information content (AvgIpc) is 3.35. The van der Waals surface area contributed by atoms with E-state index in [0.29, 0.717) is 11.8 Å². The summed E-state index contributed by atoms with van der Waals surface area (Å²) in [5.74, 6) is 0.536. The number of carbonyl (C=O) groups excluding carboxylic acids is 2. The standard InChI is InChI=1S/C24H35BrO5/c1-13(27)29-18-8-20-23(4)10-17(23)19(30-14(2)28)11-24(20,5)16-6-7-22(3,9-15(16)18)21(25)12-26/h6,15,17-21,26H,7-12H2,1-5H3/t15?,17-,18?,19?,20?,21?,22?,23-,24?/m0/s1. The van der Waals surface area contributed by atoms with Gasteiger partial charge in [0.05, 0.1) is 6.61 Å². The van der Waals surface area contributed by atoms with Gasteiger partial charge in [-0.25, -0.2) is 0 Å². The summed E-state index contributed by atoms with van der Waals surface area (Å²) >= 11 is 3.68. The number of rotatable bonds is 4. The average molecular weight is 483 g/mol. The molecule has 7 unspecified atom stereocenters. The van der Waals surface area contributed by atoms with Gasteiger partial charge in [0.15, 0.2) is 0 Å². The molecule has 0 heterocycles. The third kappa shape index (κ3) is 3.37. The molecule has 9 atom stereocenters. The van der Waals surface area contributed by atoms with Gasteiger partial charge < -0.3 is 14.6 Å². The van der Waals surface area contributed by atoms with Crippen molar-refractivity contribution in [3.8, 4) is 0 Å². The summed E-state index contributed by atoms with van der Waals surface area (Å²) in [4.78, 5) is 23.7. The summed E-state index contributed by atoms with van der Waals surface area (Å²) in [5, 5.41) is 9.79. The quantitative estimate of drug-likeness (QED) is 0.365. The van der Waals surface area contributed by atoms with E-state index in [1.54, 1.807) is 0 Å². The molecule has 0 aliphatic heterocycles. The normalized spacial score (nSPS) is 47.7. The molecule has 30 heavy (non-hydrogen) atoms. The molecule has 0 radical (unpaired) electrons. The van der Waals surface area contributed by atoms with Crippen LogP contribution in [0.4, 0.5) is 0 Å². The first kappa shape index (κ1) is 22.3. The van der Waals surface area contributed by atoms with E-state index in [1.165, 1.54) is 19.4 Å². The van der Waals surface area contributed by atoms with Crippen molar-refractivity contribution >= 4 is 27.9 Å². The number of allylic oxidation sites excluding steroid dienone is 1. The number of hydrogen-bond donors (Lipinski definition) is 1. The lowest BCUT2D eigenvalue weighted by Gasteiger charge is -2.58. The molecule has 5 nitrogen and oxygen atoms in total. The molecular weight excluding hydrogens is 448 g/mol. The van der Waals surface area contributed by atoms with Gasteiger partial charge in [-0.05, 0) is 54.3 Å². The maximum Gasteiger partial charge on any atom is 0.302 e. The Morgan fingerprint density at radius 1 is 1.13 bits per heavy atom. The summed E-state index contributed by atoms with van der Waals surface area (Å²) < 4.78 is 11.7. The van der Waals surface area contributed by atoms with Gasteiger partial charge >= 0.3 is 11.9 Å². The van der Waals surface area contributed by atoms with E-state index in [4.69, 9.17) is 9.47 Å². The van der Waals surface area contributed by atoms with Crippen molar-refractivity contribution < 1.29 is 24.2 Å². The minimum Gasteiger partial charge on any atom is -0.462 e. The van der Waals surface area contributed by atoms with E-state index in [-0.39, 0.29) is 57.7 Å². The molecule has 1 N–H and O–H groups in total. The summed E-state index contributed by atoms with van der Waals surface area (Å²) in [6.07, 6.45) is 6.72. The summed E-state index contributed by atoms with van der Waals surface area (Å²) in [5.41, 5.74) is 1.34. The zero-order valence-electron chi connectivity index (χ0n) is 18.7. The van der Waals surface area contributed by atoms with Crippen LogP contribution < -0.4 is 0 Å². The molecular formula is C24H35BrO5. The molecule has 3 fully saturated rings. The van der Waals surface area contributed by atoms with Gasteiger partial charge in [0, 0.05) is 30.5 Å².